The molecule has 2 atom stereocenters. The molecule has 1 fully saturated rings. The number of hydrogen-bond donors (Lipinski definition) is 0. The van der Waals surface area contributed by atoms with Crippen LogP contribution >= 0.6 is 0 Å². The summed E-state index contributed by atoms with van der Waals surface area (Å²) in [7, 11) is 0. The van der Waals surface area contributed by atoms with Crippen molar-refractivity contribution < 1.29 is 14.3 Å². The Morgan fingerprint density at radius 2 is 0.811 bits per heavy atom. The smallest absolute Gasteiger partial charge is 0.338 e. The molecule has 220 valence electrons. The van der Waals surface area contributed by atoms with Gasteiger partial charge in [-0.1, -0.05) is 181 Å². The SMILES string of the molecule is CCCCCCCCCCCCCCCCOC(=O)C1OC1CCCCCCCCCCCCCCC. The number of unbranched alkanes of at least 4 members (excludes halogenated alkanes) is 25. The Balaban J connectivity index is 1.74. The number of hydrogen-bond acceptors (Lipinski definition) is 3. The van der Waals surface area contributed by atoms with Gasteiger partial charge in [0.2, 0.25) is 0 Å². The van der Waals surface area contributed by atoms with Crippen molar-refractivity contribution in [3.63, 3.8) is 0 Å². The molecule has 0 radical (unpaired) electrons. The van der Waals surface area contributed by atoms with Gasteiger partial charge in [-0.3, -0.25) is 0 Å². The molecule has 0 bridgehead atoms. The Hall–Kier alpha value is -0.570. The topological polar surface area (TPSA) is 38.8 Å². The lowest BCUT2D eigenvalue weighted by Gasteiger charge is -2.04. The van der Waals surface area contributed by atoms with Crippen molar-refractivity contribution in [2.24, 2.45) is 0 Å². The van der Waals surface area contributed by atoms with E-state index in [0.29, 0.717) is 6.61 Å². The van der Waals surface area contributed by atoms with Gasteiger partial charge >= 0.3 is 5.97 Å². The maximum absolute atomic E-state index is 12.1. The molecule has 1 heterocycles. The quantitative estimate of drug-likeness (QED) is 0.0535. The lowest BCUT2D eigenvalue weighted by atomic mass is 10.0. The average molecular weight is 523 g/mol. The van der Waals surface area contributed by atoms with Crippen molar-refractivity contribution in [2.45, 2.75) is 206 Å². The van der Waals surface area contributed by atoms with Gasteiger partial charge in [0.05, 0.1) is 12.7 Å². The standard InChI is InChI=1S/C34H66O3/c1-3-5-7-9-11-13-15-17-19-21-23-25-27-29-31-36-34(35)33-32(37-33)30-28-26-24-22-20-18-16-14-12-10-8-6-4-2/h32-33H,3-31H2,1-2H3. The maximum Gasteiger partial charge on any atom is 0.338 e. The summed E-state index contributed by atoms with van der Waals surface area (Å²) >= 11 is 0. The summed E-state index contributed by atoms with van der Waals surface area (Å²) in [5, 5.41) is 0. The third kappa shape index (κ3) is 23.1. The zero-order valence-electron chi connectivity index (χ0n) is 25.4. The monoisotopic (exact) mass is 523 g/mol. The van der Waals surface area contributed by atoms with E-state index in [2.05, 4.69) is 13.8 Å². The van der Waals surface area contributed by atoms with Crippen LogP contribution in [0.4, 0.5) is 0 Å². The van der Waals surface area contributed by atoms with E-state index in [1.54, 1.807) is 0 Å². The molecule has 0 amide bonds. The number of carbonyl (C=O) groups is 1. The summed E-state index contributed by atoms with van der Waals surface area (Å²) in [5.74, 6) is -0.116. The van der Waals surface area contributed by atoms with Gasteiger partial charge in [-0.15, -0.1) is 0 Å². The van der Waals surface area contributed by atoms with Crippen LogP contribution in [0.25, 0.3) is 0 Å². The predicted octanol–water partition coefficient (Wildman–Crippen LogP) is 11.3. The highest BCUT2D eigenvalue weighted by atomic mass is 16.6. The second kappa shape index (κ2) is 27.0. The van der Waals surface area contributed by atoms with Crippen LogP contribution in [0.1, 0.15) is 194 Å². The van der Waals surface area contributed by atoms with Gasteiger partial charge in [-0.05, 0) is 12.8 Å². The normalized spacial score (nSPS) is 16.8. The van der Waals surface area contributed by atoms with E-state index >= 15 is 0 Å². The van der Waals surface area contributed by atoms with Gasteiger partial charge in [0.15, 0.2) is 6.10 Å². The van der Waals surface area contributed by atoms with Crippen LogP contribution in [0.5, 0.6) is 0 Å². The van der Waals surface area contributed by atoms with Crippen molar-refractivity contribution in [3.05, 3.63) is 0 Å². The molecule has 0 aliphatic carbocycles. The van der Waals surface area contributed by atoms with E-state index in [9.17, 15) is 4.79 Å². The fraction of sp³-hybridized carbons (Fsp3) is 0.971. The van der Waals surface area contributed by atoms with E-state index in [1.807, 2.05) is 0 Å². The zero-order valence-corrected chi connectivity index (χ0v) is 25.4. The summed E-state index contributed by atoms with van der Waals surface area (Å²) in [6.45, 7) is 5.14. The highest BCUT2D eigenvalue weighted by molar-refractivity contribution is 5.77. The molecule has 3 heteroatoms. The third-order valence-corrected chi connectivity index (χ3v) is 8.15. The van der Waals surface area contributed by atoms with Crippen molar-refractivity contribution in [2.75, 3.05) is 6.61 Å². The second-order valence-electron chi connectivity index (χ2n) is 11.9. The van der Waals surface area contributed by atoms with Crippen LogP contribution in [0.15, 0.2) is 0 Å². The zero-order chi connectivity index (χ0) is 26.7. The lowest BCUT2D eigenvalue weighted by molar-refractivity contribution is -0.145. The largest absolute Gasteiger partial charge is 0.464 e. The first-order chi connectivity index (χ1) is 18.3. The summed E-state index contributed by atoms with van der Waals surface area (Å²) < 4.78 is 11.0. The van der Waals surface area contributed by atoms with Crippen molar-refractivity contribution in [1.82, 2.24) is 0 Å². The molecule has 37 heavy (non-hydrogen) atoms. The van der Waals surface area contributed by atoms with E-state index in [4.69, 9.17) is 9.47 Å². The van der Waals surface area contributed by atoms with Gasteiger partial charge in [-0.2, -0.15) is 0 Å². The Morgan fingerprint density at radius 1 is 0.486 bits per heavy atom. The molecule has 0 N–H and O–H groups in total. The Labute approximate surface area is 232 Å². The number of ether oxygens (including phenoxy) is 2. The number of epoxide rings is 1. The van der Waals surface area contributed by atoms with Gasteiger partial charge < -0.3 is 9.47 Å². The van der Waals surface area contributed by atoms with E-state index in [-0.39, 0.29) is 18.2 Å². The van der Waals surface area contributed by atoms with E-state index < -0.39 is 0 Å². The molecule has 1 saturated heterocycles. The highest BCUT2D eigenvalue weighted by Gasteiger charge is 2.45. The van der Waals surface area contributed by atoms with Crippen LogP contribution in [-0.4, -0.2) is 24.8 Å². The van der Waals surface area contributed by atoms with Crippen LogP contribution in [0.2, 0.25) is 0 Å². The van der Waals surface area contributed by atoms with E-state index in [1.165, 1.54) is 167 Å². The van der Waals surface area contributed by atoms with Crippen LogP contribution in [-0.2, 0) is 14.3 Å². The van der Waals surface area contributed by atoms with Gasteiger partial charge in [0, 0.05) is 0 Å². The van der Waals surface area contributed by atoms with Gasteiger partial charge in [0.25, 0.3) is 0 Å². The molecule has 1 aliphatic rings. The number of rotatable bonds is 30. The lowest BCUT2D eigenvalue weighted by Crippen LogP contribution is -2.14. The molecule has 0 aromatic rings. The number of esters is 1. The van der Waals surface area contributed by atoms with Crippen molar-refractivity contribution in [3.8, 4) is 0 Å². The maximum atomic E-state index is 12.1. The van der Waals surface area contributed by atoms with Crippen LogP contribution < -0.4 is 0 Å². The summed E-state index contributed by atoms with van der Waals surface area (Å²) in [5.41, 5.74) is 0. The molecular weight excluding hydrogens is 456 g/mol. The fourth-order valence-electron chi connectivity index (χ4n) is 5.48. The second-order valence-corrected chi connectivity index (χ2v) is 11.9. The third-order valence-electron chi connectivity index (χ3n) is 8.15. The highest BCUT2D eigenvalue weighted by Crippen LogP contribution is 2.29. The first-order valence-corrected chi connectivity index (χ1v) is 17.1. The van der Waals surface area contributed by atoms with Crippen molar-refractivity contribution in [1.29, 1.82) is 0 Å². The average Bonchev–Trinajstić information content (AvgIpc) is 3.68. The van der Waals surface area contributed by atoms with Crippen molar-refractivity contribution >= 4 is 5.97 Å². The Morgan fingerprint density at radius 3 is 1.19 bits per heavy atom. The number of carbonyl (C=O) groups excluding carboxylic acids is 1. The molecule has 0 saturated carbocycles. The molecule has 3 nitrogen and oxygen atoms in total. The molecule has 2 unspecified atom stereocenters. The predicted molar refractivity (Wildman–Crippen MR) is 160 cm³/mol. The Kier molecular flexibility index (Phi) is 25.2. The molecule has 1 rings (SSSR count). The van der Waals surface area contributed by atoms with Gasteiger partial charge in [0.1, 0.15) is 0 Å². The van der Waals surface area contributed by atoms with Crippen LogP contribution in [0.3, 0.4) is 0 Å². The minimum Gasteiger partial charge on any atom is -0.464 e. The van der Waals surface area contributed by atoms with Gasteiger partial charge in [-0.25, -0.2) is 4.79 Å². The minimum absolute atomic E-state index is 0.116. The van der Waals surface area contributed by atoms with E-state index in [0.717, 1.165) is 12.8 Å². The summed E-state index contributed by atoms with van der Waals surface area (Å²) in [4.78, 5) is 12.1. The molecule has 0 spiro atoms. The molecule has 0 aromatic heterocycles. The summed E-state index contributed by atoms with van der Waals surface area (Å²) in [6.07, 6.45) is 37.6. The molecule has 0 aromatic carbocycles. The Bertz CT molecular complexity index is 478. The minimum atomic E-state index is -0.260. The molecule has 1 aliphatic heterocycles. The first-order valence-electron chi connectivity index (χ1n) is 17.1. The van der Waals surface area contributed by atoms with Crippen LogP contribution in [0, 0.1) is 0 Å². The first kappa shape index (κ1) is 34.5. The molecular formula is C34H66O3. The fourth-order valence-corrected chi connectivity index (χ4v) is 5.48. The summed E-state index contributed by atoms with van der Waals surface area (Å²) in [6, 6.07) is 0.